The van der Waals surface area contributed by atoms with E-state index in [9.17, 15) is 9.90 Å². The summed E-state index contributed by atoms with van der Waals surface area (Å²) in [6.07, 6.45) is 11.9. The summed E-state index contributed by atoms with van der Waals surface area (Å²) in [5, 5.41) is 10.4. The van der Waals surface area contributed by atoms with Crippen molar-refractivity contribution in [1.82, 2.24) is 0 Å². The molecule has 0 amide bonds. The Kier molecular flexibility index (Phi) is 2.96. The molecule has 0 aromatic carbocycles. The second-order valence-corrected chi connectivity index (χ2v) is 8.66. The van der Waals surface area contributed by atoms with Gasteiger partial charge in [0, 0.05) is 6.42 Å². The summed E-state index contributed by atoms with van der Waals surface area (Å²) in [6.45, 7) is 4.74. The van der Waals surface area contributed by atoms with Gasteiger partial charge in [-0.05, 0) is 79.1 Å². The Labute approximate surface area is 128 Å². The van der Waals surface area contributed by atoms with E-state index in [2.05, 4.69) is 19.9 Å². The van der Waals surface area contributed by atoms with E-state index >= 15 is 0 Å². The topological polar surface area (TPSA) is 37.3 Å². The summed E-state index contributed by atoms with van der Waals surface area (Å²) >= 11 is 0. The molecule has 2 heteroatoms. The second-order valence-electron chi connectivity index (χ2n) is 8.66. The van der Waals surface area contributed by atoms with E-state index in [1.165, 1.54) is 32.1 Å². The molecule has 0 aromatic rings. The molecule has 0 heterocycles. The van der Waals surface area contributed by atoms with Gasteiger partial charge < -0.3 is 5.11 Å². The zero-order valence-corrected chi connectivity index (χ0v) is 13.3. The monoisotopic (exact) mass is 288 g/mol. The molecule has 0 radical (unpaired) electrons. The van der Waals surface area contributed by atoms with Crippen LogP contribution >= 0.6 is 0 Å². The lowest BCUT2D eigenvalue weighted by molar-refractivity contribution is -0.123. The largest absolute Gasteiger partial charge is 0.393 e. The average Bonchev–Trinajstić information content (AvgIpc) is 2.76. The van der Waals surface area contributed by atoms with Gasteiger partial charge in [0.1, 0.15) is 0 Å². The van der Waals surface area contributed by atoms with Gasteiger partial charge >= 0.3 is 0 Å². The van der Waals surface area contributed by atoms with Crippen molar-refractivity contribution in [1.29, 1.82) is 0 Å². The number of carbonyl (C=O) groups is 1. The minimum atomic E-state index is -0.0857. The number of ketones is 1. The zero-order valence-electron chi connectivity index (χ0n) is 13.3. The van der Waals surface area contributed by atoms with Crippen LogP contribution in [0.2, 0.25) is 0 Å². The maximum atomic E-state index is 11.8. The van der Waals surface area contributed by atoms with Gasteiger partial charge in [0.2, 0.25) is 0 Å². The molecule has 0 aromatic heterocycles. The van der Waals surface area contributed by atoms with Crippen LogP contribution < -0.4 is 0 Å². The normalized spacial score (nSPS) is 55.8. The Morgan fingerprint density at radius 1 is 1.10 bits per heavy atom. The predicted molar refractivity (Wildman–Crippen MR) is 82.6 cm³/mol. The smallest absolute Gasteiger partial charge is 0.155 e. The summed E-state index contributed by atoms with van der Waals surface area (Å²) in [5.41, 5.74) is 0.393. The highest BCUT2D eigenvalue weighted by molar-refractivity contribution is 5.91. The van der Waals surface area contributed by atoms with Gasteiger partial charge in [0.15, 0.2) is 5.78 Å². The Morgan fingerprint density at radius 3 is 2.71 bits per heavy atom. The average molecular weight is 288 g/mol. The van der Waals surface area contributed by atoms with Crippen molar-refractivity contribution in [3.05, 3.63) is 12.2 Å². The third-order valence-corrected chi connectivity index (χ3v) is 7.99. The van der Waals surface area contributed by atoms with Crippen LogP contribution in [0.5, 0.6) is 0 Å². The van der Waals surface area contributed by atoms with E-state index in [1.54, 1.807) is 0 Å². The van der Waals surface area contributed by atoms with Gasteiger partial charge in [-0.25, -0.2) is 0 Å². The fourth-order valence-corrected chi connectivity index (χ4v) is 6.61. The quantitative estimate of drug-likeness (QED) is 0.737. The third-order valence-electron chi connectivity index (χ3n) is 7.99. The van der Waals surface area contributed by atoms with Gasteiger partial charge in [0.05, 0.1) is 6.10 Å². The maximum absolute atomic E-state index is 11.8. The number of rotatable bonds is 0. The highest BCUT2D eigenvalue weighted by atomic mass is 16.3. The SMILES string of the molecule is C[C@]12CC[C@H]3[C@@H](CCC4CC(=O)C=C[C@@]43C)[C@@H]1CC[C@H]2O. The number of allylic oxidation sites excluding steroid dienone is 2. The first kappa shape index (κ1) is 14.0. The van der Waals surface area contributed by atoms with E-state index in [1.807, 2.05) is 6.08 Å². The van der Waals surface area contributed by atoms with Crippen molar-refractivity contribution in [3.8, 4) is 0 Å². The van der Waals surface area contributed by atoms with Gasteiger partial charge in [-0.2, -0.15) is 0 Å². The molecule has 4 aliphatic rings. The fourth-order valence-electron chi connectivity index (χ4n) is 6.61. The molecule has 2 nitrogen and oxygen atoms in total. The molecule has 0 aliphatic heterocycles. The Bertz CT molecular complexity index is 496. The van der Waals surface area contributed by atoms with Crippen LogP contribution in [0, 0.1) is 34.5 Å². The van der Waals surface area contributed by atoms with E-state index in [4.69, 9.17) is 0 Å². The summed E-state index contributed by atoms with van der Waals surface area (Å²) in [7, 11) is 0. The molecule has 3 fully saturated rings. The van der Waals surface area contributed by atoms with Crippen LogP contribution in [-0.4, -0.2) is 17.0 Å². The van der Waals surface area contributed by atoms with E-state index in [-0.39, 0.29) is 16.9 Å². The Morgan fingerprint density at radius 2 is 1.90 bits per heavy atom. The highest BCUT2D eigenvalue weighted by Gasteiger charge is 2.59. The molecule has 1 N–H and O–H groups in total. The molecule has 21 heavy (non-hydrogen) atoms. The van der Waals surface area contributed by atoms with E-state index < -0.39 is 0 Å². The van der Waals surface area contributed by atoms with Crippen LogP contribution in [0.25, 0.3) is 0 Å². The first-order valence-electron chi connectivity index (χ1n) is 8.85. The molecule has 0 spiro atoms. The van der Waals surface area contributed by atoms with Crippen molar-refractivity contribution in [2.75, 3.05) is 0 Å². The molecule has 4 aliphatic carbocycles. The van der Waals surface area contributed by atoms with Gasteiger partial charge in [-0.15, -0.1) is 0 Å². The highest BCUT2D eigenvalue weighted by Crippen LogP contribution is 2.64. The molecule has 3 saturated carbocycles. The number of carbonyl (C=O) groups excluding carboxylic acids is 1. The Hall–Kier alpha value is -0.630. The number of fused-ring (bicyclic) bond motifs is 5. The van der Waals surface area contributed by atoms with Crippen LogP contribution in [0.3, 0.4) is 0 Å². The summed E-state index contributed by atoms with van der Waals surface area (Å²) in [5.74, 6) is 3.08. The maximum Gasteiger partial charge on any atom is 0.155 e. The molecule has 1 unspecified atom stereocenters. The lowest BCUT2D eigenvalue weighted by Crippen LogP contribution is -2.52. The van der Waals surface area contributed by atoms with Gasteiger partial charge in [-0.1, -0.05) is 19.9 Å². The first-order chi connectivity index (χ1) is 9.95. The van der Waals surface area contributed by atoms with E-state index in [0.29, 0.717) is 17.6 Å². The zero-order chi connectivity index (χ0) is 14.8. The summed E-state index contributed by atoms with van der Waals surface area (Å²) in [6, 6.07) is 0. The predicted octanol–water partition coefficient (Wildman–Crippen LogP) is 3.74. The van der Waals surface area contributed by atoms with Crippen LogP contribution in [0.4, 0.5) is 0 Å². The van der Waals surface area contributed by atoms with Crippen molar-refractivity contribution >= 4 is 5.78 Å². The van der Waals surface area contributed by atoms with Crippen LogP contribution in [0.15, 0.2) is 12.2 Å². The van der Waals surface area contributed by atoms with Crippen molar-refractivity contribution in [2.45, 2.75) is 64.9 Å². The standard InChI is InChI=1S/C19H28O2/c1-18-9-7-13(20)11-12(18)3-4-14-15-5-6-17(21)19(15,2)10-8-16(14)18/h7,9,12,14-17,21H,3-6,8,10-11H2,1-2H3/t12?,14-,15-,16-,17+,18-,19-/m0/s1. The molecule has 4 rings (SSSR count). The lowest BCUT2D eigenvalue weighted by Gasteiger charge is -2.58. The lowest BCUT2D eigenvalue weighted by atomic mass is 9.46. The molecular formula is C19H28O2. The molecule has 0 saturated heterocycles. The number of aliphatic hydroxyl groups is 1. The third kappa shape index (κ3) is 1.78. The minimum Gasteiger partial charge on any atom is -0.393 e. The van der Waals surface area contributed by atoms with Gasteiger partial charge in [-0.3, -0.25) is 4.79 Å². The first-order valence-corrected chi connectivity index (χ1v) is 8.85. The second kappa shape index (κ2) is 4.44. The molecule has 116 valence electrons. The molecule has 0 bridgehead atoms. The van der Waals surface area contributed by atoms with Crippen molar-refractivity contribution in [2.24, 2.45) is 34.5 Å². The minimum absolute atomic E-state index is 0.0857. The van der Waals surface area contributed by atoms with Crippen LogP contribution in [0.1, 0.15) is 58.8 Å². The van der Waals surface area contributed by atoms with E-state index in [0.717, 1.165) is 24.7 Å². The van der Waals surface area contributed by atoms with Crippen molar-refractivity contribution < 1.29 is 9.90 Å². The number of aliphatic hydroxyl groups excluding tert-OH is 1. The van der Waals surface area contributed by atoms with Gasteiger partial charge in [0.25, 0.3) is 0 Å². The fraction of sp³-hybridized carbons (Fsp3) is 0.842. The Balaban J connectivity index is 1.68. The molecule has 7 atom stereocenters. The molecular weight excluding hydrogens is 260 g/mol. The summed E-state index contributed by atoms with van der Waals surface area (Å²) < 4.78 is 0. The number of hydrogen-bond acceptors (Lipinski definition) is 2. The summed E-state index contributed by atoms with van der Waals surface area (Å²) in [4.78, 5) is 11.8. The van der Waals surface area contributed by atoms with Crippen molar-refractivity contribution in [3.63, 3.8) is 0 Å². The number of hydrogen-bond donors (Lipinski definition) is 1. The van der Waals surface area contributed by atoms with Crippen LogP contribution in [-0.2, 0) is 4.79 Å².